The molecule has 0 saturated carbocycles. The molecule has 1 aromatic carbocycles. The Hall–Kier alpha value is -2.70. The summed E-state index contributed by atoms with van der Waals surface area (Å²) in [6, 6.07) is 5.68. The first-order valence-electron chi connectivity index (χ1n) is 13.2. The quantitative estimate of drug-likeness (QED) is 0.164. The molecule has 0 spiro atoms. The monoisotopic (exact) mass is 592 g/mol. The van der Waals surface area contributed by atoms with E-state index < -0.39 is 38.5 Å². The van der Waals surface area contributed by atoms with Crippen LogP contribution >= 0.6 is 24.4 Å². The molecule has 5 amide bonds. The van der Waals surface area contributed by atoms with Gasteiger partial charge in [0, 0.05) is 38.7 Å². The zero-order valence-corrected chi connectivity index (χ0v) is 25.9. The molecule has 0 bridgehead atoms. The van der Waals surface area contributed by atoms with Crippen LogP contribution in [0.1, 0.15) is 81.0 Å². The van der Waals surface area contributed by atoms with Gasteiger partial charge in [0.2, 0.25) is 11.8 Å². The molecule has 10 nitrogen and oxygen atoms in total. The summed E-state index contributed by atoms with van der Waals surface area (Å²) in [5.74, 6) is -2.48. The molecule has 0 radical (unpaired) electrons. The number of hydrogen-bond donors (Lipinski definition) is 2. The molecule has 0 fully saturated rings. The van der Waals surface area contributed by atoms with Crippen LogP contribution in [-0.4, -0.2) is 85.7 Å². The van der Waals surface area contributed by atoms with E-state index in [1.807, 2.05) is 13.8 Å². The number of amides is 5. The Kier molecular flexibility index (Phi) is 11.1. The Morgan fingerprint density at radius 1 is 1.02 bits per heavy atom. The van der Waals surface area contributed by atoms with Gasteiger partial charge in [-0.2, -0.15) is 12.6 Å². The maximum Gasteiger partial charge on any atom is 0.267 e. The van der Waals surface area contributed by atoms with E-state index in [1.165, 1.54) is 21.0 Å². The van der Waals surface area contributed by atoms with Gasteiger partial charge in [-0.05, 0) is 62.9 Å². The van der Waals surface area contributed by atoms with E-state index in [4.69, 9.17) is 5.73 Å². The Balaban J connectivity index is 2.17. The molecule has 1 aliphatic rings. The van der Waals surface area contributed by atoms with Crippen LogP contribution in [0.25, 0.3) is 0 Å². The van der Waals surface area contributed by atoms with Crippen molar-refractivity contribution in [3.05, 3.63) is 35.4 Å². The van der Waals surface area contributed by atoms with Gasteiger partial charge in [-0.1, -0.05) is 26.0 Å². The number of hydrogen-bond acceptors (Lipinski definition) is 9. The van der Waals surface area contributed by atoms with Crippen LogP contribution in [0.15, 0.2) is 24.3 Å². The Morgan fingerprint density at radius 2 is 1.55 bits per heavy atom. The minimum absolute atomic E-state index is 0.0518. The van der Waals surface area contributed by atoms with Crippen molar-refractivity contribution < 1.29 is 28.8 Å². The van der Waals surface area contributed by atoms with Crippen molar-refractivity contribution >= 4 is 59.0 Å². The molecule has 1 aromatic rings. The van der Waals surface area contributed by atoms with Crippen molar-refractivity contribution in [2.24, 2.45) is 11.7 Å². The first-order valence-corrected chi connectivity index (χ1v) is 14.4. The van der Waals surface area contributed by atoms with Crippen LogP contribution in [0.4, 0.5) is 0 Å². The molecule has 0 aliphatic carbocycles. The molecule has 1 heterocycles. The van der Waals surface area contributed by atoms with Crippen LogP contribution in [0.3, 0.4) is 0 Å². The number of carbonyl (C=O) groups excluding carboxylic acids is 6. The van der Waals surface area contributed by atoms with Gasteiger partial charge in [-0.15, -0.1) is 0 Å². The van der Waals surface area contributed by atoms with E-state index in [-0.39, 0.29) is 30.7 Å². The van der Waals surface area contributed by atoms with Crippen molar-refractivity contribution in [2.45, 2.75) is 76.0 Å². The normalized spacial score (nSPS) is 15.5. The van der Waals surface area contributed by atoms with E-state index in [1.54, 1.807) is 38.1 Å². The summed E-state index contributed by atoms with van der Waals surface area (Å²) < 4.78 is -1.26. The minimum atomic E-state index is -1.86. The molecular formula is C28H40N4O6S2. The highest BCUT2D eigenvalue weighted by atomic mass is 32.2. The smallest absolute Gasteiger partial charge is 0.267 e. The number of nitrogens with zero attached hydrogens (tertiary/aromatic N) is 3. The highest BCUT2D eigenvalue weighted by Gasteiger charge is 2.58. The largest absolute Gasteiger partial charge is 0.320 e. The second-order valence-corrected chi connectivity index (χ2v) is 13.4. The number of benzene rings is 1. The molecule has 40 heavy (non-hydrogen) atoms. The predicted molar refractivity (Wildman–Crippen MR) is 158 cm³/mol. The summed E-state index contributed by atoms with van der Waals surface area (Å²) in [6.07, 6.45) is 0.971. The number of carbonyl (C=O) groups is 6. The van der Waals surface area contributed by atoms with Gasteiger partial charge in [0.25, 0.3) is 17.7 Å². The zero-order valence-electron chi connectivity index (χ0n) is 24.2. The predicted octanol–water partition coefficient (Wildman–Crippen LogP) is 2.95. The van der Waals surface area contributed by atoms with Crippen molar-refractivity contribution in [3.8, 4) is 0 Å². The van der Waals surface area contributed by atoms with Gasteiger partial charge in [0.1, 0.15) is 0 Å². The lowest BCUT2D eigenvalue weighted by Gasteiger charge is -2.48. The van der Waals surface area contributed by atoms with E-state index in [9.17, 15) is 28.8 Å². The number of unbranched alkanes of at least 4 members (excludes halogenated alkanes) is 1. The summed E-state index contributed by atoms with van der Waals surface area (Å²) in [6.45, 7) is 8.44. The first-order chi connectivity index (χ1) is 18.5. The van der Waals surface area contributed by atoms with Gasteiger partial charge < -0.3 is 10.6 Å². The number of imide groups is 2. The fourth-order valence-electron chi connectivity index (χ4n) is 4.77. The molecule has 0 saturated heterocycles. The number of likely N-dealkylation sites (N-methyl/N-ethyl adjacent to an activating group) is 2. The molecule has 2 atom stereocenters. The lowest BCUT2D eigenvalue weighted by atomic mass is 9.96. The highest BCUT2D eigenvalue weighted by molar-refractivity contribution is 8.15. The molecule has 1 aliphatic heterocycles. The number of thiol groups is 1. The number of thioether (sulfide) groups is 1. The van der Waals surface area contributed by atoms with Gasteiger partial charge >= 0.3 is 0 Å². The van der Waals surface area contributed by atoms with Gasteiger partial charge in [-0.3, -0.25) is 38.6 Å². The Morgan fingerprint density at radius 3 is 2.00 bits per heavy atom. The van der Waals surface area contributed by atoms with Crippen molar-refractivity contribution in [1.29, 1.82) is 0 Å². The lowest BCUT2D eigenvalue weighted by molar-refractivity contribution is -0.153. The topological polar surface area (TPSA) is 138 Å². The third-order valence-electron chi connectivity index (χ3n) is 6.84. The van der Waals surface area contributed by atoms with Gasteiger partial charge in [0.05, 0.1) is 17.2 Å². The Labute approximate surface area is 245 Å². The average molecular weight is 593 g/mol. The third kappa shape index (κ3) is 6.95. The molecular weight excluding hydrogens is 552 g/mol. The second-order valence-electron chi connectivity index (χ2n) is 11.0. The lowest BCUT2D eigenvalue weighted by Crippen LogP contribution is -2.68. The van der Waals surface area contributed by atoms with E-state index >= 15 is 0 Å². The number of rotatable bonds is 12. The Bertz CT molecular complexity index is 1150. The number of fused-ring (bicyclic) bond motifs is 1. The number of nitrogens with two attached hydrogens (primary N) is 1. The molecule has 0 unspecified atom stereocenters. The van der Waals surface area contributed by atoms with Crippen LogP contribution in [0.2, 0.25) is 0 Å². The van der Waals surface area contributed by atoms with Crippen molar-refractivity contribution in [3.63, 3.8) is 0 Å². The molecule has 12 heteroatoms. The van der Waals surface area contributed by atoms with Crippen LogP contribution < -0.4 is 5.73 Å². The average Bonchev–Trinajstić information content (AvgIpc) is 3.11. The van der Waals surface area contributed by atoms with Gasteiger partial charge in [0.15, 0.2) is 9.99 Å². The maximum absolute atomic E-state index is 14.0. The zero-order chi connectivity index (χ0) is 30.6. The molecule has 0 aromatic heterocycles. The van der Waals surface area contributed by atoms with Crippen LogP contribution in [0, 0.1) is 5.92 Å². The highest BCUT2D eigenvalue weighted by Crippen LogP contribution is 2.45. The second kappa shape index (κ2) is 13.3. The fraction of sp³-hybridized carbons (Fsp3) is 0.571. The van der Waals surface area contributed by atoms with E-state index in [0.29, 0.717) is 42.2 Å². The summed E-state index contributed by atoms with van der Waals surface area (Å²) in [5, 5.41) is -0.436. The van der Waals surface area contributed by atoms with E-state index in [0.717, 1.165) is 14.7 Å². The third-order valence-corrected chi connectivity index (χ3v) is 8.85. The fourth-order valence-corrected chi connectivity index (χ4v) is 6.27. The summed E-state index contributed by atoms with van der Waals surface area (Å²) in [5.41, 5.74) is 6.86. The maximum atomic E-state index is 14.0. The van der Waals surface area contributed by atoms with Gasteiger partial charge in [-0.25, -0.2) is 0 Å². The minimum Gasteiger partial charge on any atom is -0.320 e. The SMILES string of the molecule is CC(=O)S[C@@](C(=O)N(C)C(=O)CCCCN1C(=O)c2ccccc2C1=O)(N(C)C(=O)[C@@H](N)CC(C)C)C(C)(C)S. The summed E-state index contributed by atoms with van der Waals surface area (Å²) in [4.78, 5) is 79.3. The van der Waals surface area contributed by atoms with E-state index in [2.05, 4.69) is 12.6 Å². The van der Waals surface area contributed by atoms with Crippen LogP contribution in [-0.2, 0) is 19.2 Å². The van der Waals surface area contributed by atoms with Crippen molar-refractivity contribution in [1.82, 2.24) is 14.7 Å². The first kappa shape index (κ1) is 33.5. The van der Waals surface area contributed by atoms with Crippen LogP contribution in [0.5, 0.6) is 0 Å². The summed E-state index contributed by atoms with van der Waals surface area (Å²) in [7, 11) is 2.70. The molecule has 220 valence electrons. The van der Waals surface area contributed by atoms with Crippen molar-refractivity contribution in [2.75, 3.05) is 20.6 Å². The molecule has 2 N–H and O–H groups in total. The molecule has 2 rings (SSSR count). The standard InChI is InChI=1S/C28H40N4O6S2/c1-17(2)16-21(29)25(37)31(7)28(27(4,5)39,40-18(3)33)26(38)30(6)22(34)14-10-11-15-32-23(35)19-12-8-9-13-20(19)24(32)36/h8-9,12-13,17,21,39H,10-11,14-16,29H2,1-7H3/t21-,28+/m0/s1. The summed E-state index contributed by atoms with van der Waals surface area (Å²) >= 11 is 5.25.